The Kier molecular flexibility index (Phi) is 2.59. The second-order valence-electron chi connectivity index (χ2n) is 3.40. The fraction of sp³-hybridized carbons (Fsp3) is 0.154. The number of aldehydes is 1. The van der Waals surface area contributed by atoms with E-state index in [9.17, 15) is 4.79 Å². The Labute approximate surface area is 83.8 Å². The summed E-state index contributed by atoms with van der Waals surface area (Å²) in [6, 6.07) is 7.74. The number of benzene rings is 1. The molecular formula is C13H12O. The van der Waals surface area contributed by atoms with Gasteiger partial charge in [0, 0.05) is 5.56 Å². The van der Waals surface area contributed by atoms with Crippen molar-refractivity contribution in [3.05, 3.63) is 53.6 Å². The molecule has 14 heavy (non-hydrogen) atoms. The molecular weight excluding hydrogens is 172 g/mol. The fourth-order valence-electron chi connectivity index (χ4n) is 1.62. The minimum Gasteiger partial charge on any atom is -0.298 e. The fourth-order valence-corrected chi connectivity index (χ4v) is 1.62. The van der Waals surface area contributed by atoms with Crippen LogP contribution < -0.4 is 0 Å². The summed E-state index contributed by atoms with van der Waals surface area (Å²) in [6.07, 6.45) is 9.48. The Bertz CT molecular complexity index is 382. The lowest BCUT2D eigenvalue weighted by Crippen LogP contribution is -1.88. The monoisotopic (exact) mass is 184 g/mol. The van der Waals surface area contributed by atoms with Crippen molar-refractivity contribution in [3.63, 3.8) is 0 Å². The molecule has 70 valence electrons. The zero-order valence-corrected chi connectivity index (χ0v) is 7.94. The maximum absolute atomic E-state index is 10.5. The van der Waals surface area contributed by atoms with Gasteiger partial charge in [-0.15, -0.1) is 0 Å². The van der Waals surface area contributed by atoms with E-state index in [1.54, 1.807) is 0 Å². The minimum absolute atomic E-state index is 0.737. The first-order valence-electron chi connectivity index (χ1n) is 4.81. The molecule has 0 fully saturated rings. The molecule has 0 atom stereocenters. The lowest BCUT2D eigenvalue weighted by atomic mass is 9.97. The predicted octanol–water partition coefficient (Wildman–Crippen LogP) is 3.23. The van der Waals surface area contributed by atoms with Crippen LogP contribution >= 0.6 is 0 Å². The molecule has 1 aromatic rings. The van der Waals surface area contributed by atoms with Crippen LogP contribution in [0.15, 0.2) is 42.5 Å². The third-order valence-corrected chi connectivity index (χ3v) is 2.43. The van der Waals surface area contributed by atoms with Crippen molar-refractivity contribution in [2.75, 3.05) is 0 Å². The molecule has 0 radical (unpaired) electrons. The molecule has 0 amide bonds. The van der Waals surface area contributed by atoms with Crippen LogP contribution in [0.3, 0.4) is 0 Å². The number of carbonyl (C=O) groups is 1. The van der Waals surface area contributed by atoms with Crippen LogP contribution in [0.25, 0.3) is 5.57 Å². The van der Waals surface area contributed by atoms with Crippen molar-refractivity contribution in [3.8, 4) is 0 Å². The zero-order chi connectivity index (χ0) is 9.80. The Morgan fingerprint density at radius 1 is 1.14 bits per heavy atom. The average molecular weight is 184 g/mol. The first-order valence-corrected chi connectivity index (χ1v) is 4.81. The average Bonchev–Trinajstić information content (AvgIpc) is 2.30. The maximum atomic E-state index is 10.5. The van der Waals surface area contributed by atoms with E-state index in [2.05, 4.69) is 18.2 Å². The van der Waals surface area contributed by atoms with Crippen molar-refractivity contribution < 1.29 is 4.79 Å². The molecule has 2 rings (SSSR count). The van der Waals surface area contributed by atoms with Gasteiger partial charge in [0.25, 0.3) is 0 Å². The standard InChI is InChI=1S/C13H12O/c14-10-11-6-8-13(9-7-11)12-4-2-1-3-5-12/h1-2,4,6-10H,3,5H2. The topological polar surface area (TPSA) is 17.1 Å². The molecule has 0 unspecified atom stereocenters. The lowest BCUT2D eigenvalue weighted by molar-refractivity contribution is 0.112. The number of carbonyl (C=O) groups excluding carboxylic acids is 1. The number of allylic oxidation sites excluding steroid dienone is 4. The summed E-state index contributed by atoms with van der Waals surface area (Å²) in [5.41, 5.74) is 3.31. The van der Waals surface area contributed by atoms with Crippen LogP contribution in [-0.4, -0.2) is 6.29 Å². The molecule has 0 N–H and O–H groups in total. The summed E-state index contributed by atoms with van der Waals surface area (Å²) in [5, 5.41) is 0. The first kappa shape index (κ1) is 8.95. The predicted molar refractivity (Wildman–Crippen MR) is 58.2 cm³/mol. The Morgan fingerprint density at radius 3 is 2.50 bits per heavy atom. The Morgan fingerprint density at radius 2 is 1.93 bits per heavy atom. The Balaban J connectivity index is 2.28. The van der Waals surface area contributed by atoms with Gasteiger partial charge in [-0.1, -0.05) is 42.5 Å². The molecule has 1 aliphatic carbocycles. The second kappa shape index (κ2) is 4.05. The van der Waals surface area contributed by atoms with Crippen molar-refractivity contribution in [2.45, 2.75) is 12.8 Å². The van der Waals surface area contributed by atoms with Crippen LogP contribution in [0.2, 0.25) is 0 Å². The van der Waals surface area contributed by atoms with Gasteiger partial charge in [-0.05, 0) is 24.0 Å². The van der Waals surface area contributed by atoms with Crippen molar-refractivity contribution in [2.24, 2.45) is 0 Å². The van der Waals surface area contributed by atoms with E-state index in [1.807, 2.05) is 24.3 Å². The van der Waals surface area contributed by atoms with Gasteiger partial charge in [0.2, 0.25) is 0 Å². The van der Waals surface area contributed by atoms with Gasteiger partial charge in [-0.3, -0.25) is 4.79 Å². The first-order chi connectivity index (χ1) is 6.90. The summed E-state index contributed by atoms with van der Waals surface area (Å²) in [7, 11) is 0. The molecule has 1 nitrogen and oxygen atoms in total. The third-order valence-electron chi connectivity index (χ3n) is 2.43. The van der Waals surface area contributed by atoms with Crippen LogP contribution in [0.4, 0.5) is 0 Å². The summed E-state index contributed by atoms with van der Waals surface area (Å²) >= 11 is 0. The molecule has 0 spiro atoms. The maximum Gasteiger partial charge on any atom is 0.150 e. The molecule has 0 aliphatic heterocycles. The molecule has 0 bridgehead atoms. The normalized spacial score (nSPS) is 15.0. The van der Waals surface area contributed by atoms with Crippen LogP contribution in [0, 0.1) is 0 Å². The van der Waals surface area contributed by atoms with E-state index in [-0.39, 0.29) is 0 Å². The highest BCUT2D eigenvalue weighted by molar-refractivity contribution is 5.77. The Hall–Kier alpha value is -1.63. The van der Waals surface area contributed by atoms with E-state index in [0.29, 0.717) is 0 Å². The molecule has 0 saturated carbocycles. The highest BCUT2D eigenvalue weighted by Gasteiger charge is 2.02. The molecule has 1 aliphatic rings. The molecule has 1 heteroatoms. The zero-order valence-electron chi connectivity index (χ0n) is 7.94. The summed E-state index contributed by atoms with van der Waals surface area (Å²) in [6.45, 7) is 0. The minimum atomic E-state index is 0.737. The summed E-state index contributed by atoms with van der Waals surface area (Å²) in [5.74, 6) is 0. The van der Waals surface area contributed by atoms with Gasteiger partial charge in [-0.25, -0.2) is 0 Å². The number of hydrogen-bond acceptors (Lipinski definition) is 1. The van der Waals surface area contributed by atoms with E-state index in [4.69, 9.17) is 0 Å². The summed E-state index contributed by atoms with van der Waals surface area (Å²) < 4.78 is 0. The second-order valence-corrected chi connectivity index (χ2v) is 3.40. The number of rotatable bonds is 2. The molecule has 0 aromatic heterocycles. The third kappa shape index (κ3) is 1.82. The largest absolute Gasteiger partial charge is 0.298 e. The van der Waals surface area contributed by atoms with E-state index in [1.165, 1.54) is 11.1 Å². The van der Waals surface area contributed by atoms with E-state index in [0.717, 1.165) is 24.7 Å². The van der Waals surface area contributed by atoms with Gasteiger partial charge < -0.3 is 0 Å². The SMILES string of the molecule is O=Cc1ccc(C2=CC=CCC2)cc1. The van der Waals surface area contributed by atoms with E-state index < -0.39 is 0 Å². The highest BCUT2D eigenvalue weighted by atomic mass is 16.1. The number of hydrogen-bond donors (Lipinski definition) is 0. The van der Waals surface area contributed by atoms with Crippen LogP contribution in [0.5, 0.6) is 0 Å². The highest BCUT2D eigenvalue weighted by Crippen LogP contribution is 2.23. The van der Waals surface area contributed by atoms with Gasteiger partial charge in [0.15, 0.2) is 0 Å². The van der Waals surface area contributed by atoms with Gasteiger partial charge in [0.1, 0.15) is 6.29 Å². The van der Waals surface area contributed by atoms with Gasteiger partial charge in [0.05, 0.1) is 0 Å². The van der Waals surface area contributed by atoms with Crippen molar-refractivity contribution >= 4 is 11.9 Å². The van der Waals surface area contributed by atoms with E-state index >= 15 is 0 Å². The van der Waals surface area contributed by atoms with Gasteiger partial charge in [-0.2, -0.15) is 0 Å². The summed E-state index contributed by atoms with van der Waals surface area (Å²) in [4.78, 5) is 10.5. The molecule has 0 heterocycles. The van der Waals surface area contributed by atoms with Crippen molar-refractivity contribution in [1.82, 2.24) is 0 Å². The smallest absolute Gasteiger partial charge is 0.150 e. The molecule has 0 saturated heterocycles. The lowest BCUT2D eigenvalue weighted by Gasteiger charge is -2.08. The quantitative estimate of drug-likeness (QED) is 0.645. The van der Waals surface area contributed by atoms with Crippen molar-refractivity contribution in [1.29, 1.82) is 0 Å². The van der Waals surface area contributed by atoms with Crippen LogP contribution in [0.1, 0.15) is 28.8 Å². The van der Waals surface area contributed by atoms with Gasteiger partial charge >= 0.3 is 0 Å². The van der Waals surface area contributed by atoms with Crippen LogP contribution in [-0.2, 0) is 0 Å². The molecule has 1 aromatic carbocycles.